The van der Waals surface area contributed by atoms with E-state index in [1.807, 2.05) is 0 Å². The normalized spacial score (nSPS) is 21.8. The summed E-state index contributed by atoms with van der Waals surface area (Å²) in [7, 11) is 1.29. The van der Waals surface area contributed by atoms with Crippen molar-refractivity contribution in [3.05, 3.63) is 64.7 Å². The maximum absolute atomic E-state index is 13.7. The number of amides is 3. The van der Waals surface area contributed by atoms with Crippen molar-refractivity contribution in [1.29, 1.82) is 5.26 Å². The van der Waals surface area contributed by atoms with Crippen LogP contribution in [-0.4, -0.2) is 67.0 Å². The van der Waals surface area contributed by atoms with E-state index in [0.29, 0.717) is 48.0 Å². The Balaban J connectivity index is 1.74. The van der Waals surface area contributed by atoms with E-state index in [0.717, 1.165) is 0 Å². The second-order valence-electron chi connectivity index (χ2n) is 8.48. The lowest BCUT2D eigenvalue weighted by atomic mass is 9.92. The van der Waals surface area contributed by atoms with E-state index in [1.165, 1.54) is 12.0 Å². The first kappa shape index (κ1) is 24.5. The molecule has 0 saturated carbocycles. The summed E-state index contributed by atoms with van der Waals surface area (Å²) < 4.78 is 5.06. The monoisotopic (exact) mass is 495 g/mol. The second kappa shape index (κ2) is 10.8. The second-order valence-corrected chi connectivity index (χ2v) is 8.92. The maximum Gasteiger partial charge on any atom is 0.323 e. The zero-order valence-electron chi connectivity index (χ0n) is 19.2. The Labute approximate surface area is 208 Å². The van der Waals surface area contributed by atoms with Crippen molar-refractivity contribution in [2.75, 3.05) is 38.6 Å². The predicted molar refractivity (Wildman–Crippen MR) is 130 cm³/mol. The minimum atomic E-state index is -0.864. The molecule has 9 nitrogen and oxygen atoms in total. The fourth-order valence-electron chi connectivity index (χ4n) is 4.73. The summed E-state index contributed by atoms with van der Waals surface area (Å²) in [5.41, 5.74) is 1.55. The molecule has 3 atom stereocenters. The number of nitrogens with zero attached hydrogens (tertiary/aromatic N) is 3. The van der Waals surface area contributed by atoms with Gasteiger partial charge in [0.05, 0.1) is 30.7 Å². The standard InChI is InChI=1S/C25H26ClN5O4/c1-35-24(33)20-14-21(23(32)30-11-9-28-10-12-30)31(22(20)17-7-5-16(15-27)6-8-17)25(34)29-19-4-2-3-18(26)13-19/h2-8,13,20-22,28H,9-12,14H2,1H3,(H,29,34). The van der Waals surface area contributed by atoms with Gasteiger partial charge in [0.15, 0.2) is 0 Å². The molecule has 0 bridgehead atoms. The number of anilines is 1. The van der Waals surface area contributed by atoms with Crippen molar-refractivity contribution >= 4 is 35.2 Å². The summed E-state index contributed by atoms with van der Waals surface area (Å²) in [6.45, 7) is 2.35. The molecule has 2 aromatic rings. The topological polar surface area (TPSA) is 115 Å². The van der Waals surface area contributed by atoms with Crippen LogP contribution in [0.2, 0.25) is 5.02 Å². The van der Waals surface area contributed by atoms with Crippen molar-refractivity contribution in [2.24, 2.45) is 5.92 Å². The van der Waals surface area contributed by atoms with Gasteiger partial charge in [-0.2, -0.15) is 5.26 Å². The van der Waals surface area contributed by atoms with Gasteiger partial charge < -0.3 is 25.2 Å². The number of hydrogen-bond donors (Lipinski definition) is 2. The summed E-state index contributed by atoms with van der Waals surface area (Å²) in [4.78, 5) is 43.3. The van der Waals surface area contributed by atoms with Crippen molar-refractivity contribution < 1.29 is 19.1 Å². The Hall–Kier alpha value is -3.61. The van der Waals surface area contributed by atoms with Crippen molar-refractivity contribution in [3.63, 3.8) is 0 Å². The molecule has 3 unspecified atom stereocenters. The molecule has 2 saturated heterocycles. The molecule has 0 aromatic heterocycles. The predicted octanol–water partition coefficient (Wildman–Crippen LogP) is 2.78. The van der Waals surface area contributed by atoms with E-state index >= 15 is 0 Å². The average molecular weight is 496 g/mol. The molecule has 0 spiro atoms. The number of rotatable bonds is 4. The number of carbonyl (C=O) groups is 3. The van der Waals surface area contributed by atoms with Gasteiger partial charge in [0.2, 0.25) is 5.91 Å². The minimum absolute atomic E-state index is 0.128. The van der Waals surface area contributed by atoms with Gasteiger partial charge in [-0.3, -0.25) is 9.59 Å². The first-order valence-electron chi connectivity index (χ1n) is 11.3. The quantitative estimate of drug-likeness (QED) is 0.630. The van der Waals surface area contributed by atoms with Crippen LogP contribution in [0.15, 0.2) is 48.5 Å². The number of ether oxygens (including phenoxy) is 1. The third kappa shape index (κ3) is 5.24. The van der Waals surface area contributed by atoms with Crippen molar-refractivity contribution in [3.8, 4) is 6.07 Å². The van der Waals surface area contributed by atoms with Crippen LogP contribution < -0.4 is 10.6 Å². The highest BCUT2D eigenvalue weighted by Crippen LogP contribution is 2.43. The Kier molecular flexibility index (Phi) is 7.54. The van der Waals surface area contributed by atoms with Gasteiger partial charge in [-0.1, -0.05) is 29.8 Å². The molecule has 0 radical (unpaired) electrons. The van der Waals surface area contributed by atoms with Crippen molar-refractivity contribution in [1.82, 2.24) is 15.1 Å². The number of halogens is 1. The van der Waals surface area contributed by atoms with Crippen LogP contribution >= 0.6 is 11.6 Å². The SMILES string of the molecule is COC(=O)C1CC(C(=O)N2CCNCC2)N(C(=O)Nc2cccc(Cl)c2)C1c1ccc(C#N)cc1. The minimum Gasteiger partial charge on any atom is -0.469 e. The number of likely N-dealkylation sites (tertiary alicyclic amines) is 1. The molecule has 4 rings (SSSR count). The van der Waals surface area contributed by atoms with E-state index < -0.39 is 30.0 Å². The van der Waals surface area contributed by atoms with Crippen LogP contribution in [0.25, 0.3) is 0 Å². The highest BCUT2D eigenvalue weighted by Gasteiger charge is 2.52. The third-order valence-electron chi connectivity index (χ3n) is 6.40. The molecule has 2 fully saturated rings. The molecular formula is C25H26ClN5O4. The first-order valence-corrected chi connectivity index (χ1v) is 11.7. The first-order chi connectivity index (χ1) is 16.9. The molecule has 0 aliphatic carbocycles. The van der Waals surface area contributed by atoms with Crippen LogP contribution in [-0.2, 0) is 14.3 Å². The fraction of sp³-hybridized carbons (Fsp3) is 0.360. The van der Waals surface area contributed by atoms with Crippen molar-refractivity contribution in [2.45, 2.75) is 18.5 Å². The molecule has 35 heavy (non-hydrogen) atoms. The Morgan fingerprint density at radius 2 is 1.86 bits per heavy atom. The average Bonchev–Trinajstić information content (AvgIpc) is 3.29. The van der Waals surface area contributed by atoms with Gasteiger partial charge in [-0.25, -0.2) is 4.79 Å². The molecule has 3 amide bonds. The zero-order valence-corrected chi connectivity index (χ0v) is 20.0. The summed E-state index contributed by atoms with van der Waals surface area (Å²) in [6.07, 6.45) is 0.128. The van der Waals surface area contributed by atoms with Gasteiger partial charge in [-0.05, 0) is 42.3 Å². The number of hydrogen-bond acceptors (Lipinski definition) is 6. The Morgan fingerprint density at radius 3 is 2.49 bits per heavy atom. The Bertz CT molecular complexity index is 1140. The number of urea groups is 1. The van der Waals surface area contributed by atoms with Crippen LogP contribution in [0, 0.1) is 17.2 Å². The number of piperazine rings is 1. The van der Waals surface area contributed by atoms with Gasteiger partial charge in [0.25, 0.3) is 0 Å². The lowest BCUT2D eigenvalue weighted by Gasteiger charge is -2.35. The molecule has 2 N–H and O–H groups in total. The number of nitrogens with one attached hydrogen (secondary N) is 2. The number of methoxy groups -OCH3 is 1. The largest absolute Gasteiger partial charge is 0.469 e. The molecule has 2 heterocycles. The number of benzene rings is 2. The van der Waals surface area contributed by atoms with E-state index in [2.05, 4.69) is 16.7 Å². The molecular weight excluding hydrogens is 470 g/mol. The molecule has 2 aliphatic rings. The molecule has 2 aromatic carbocycles. The van der Waals surface area contributed by atoms with Gasteiger partial charge in [0, 0.05) is 36.9 Å². The van der Waals surface area contributed by atoms with Crippen LogP contribution in [0.1, 0.15) is 23.6 Å². The number of carbonyl (C=O) groups excluding carboxylic acids is 3. The molecule has 2 aliphatic heterocycles. The van der Waals surface area contributed by atoms with Crippen LogP contribution in [0.4, 0.5) is 10.5 Å². The van der Waals surface area contributed by atoms with Gasteiger partial charge in [-0.15, -0.1) is 0 Å². The van der Waals surface area contributed by atoms with E-state index in [4.69, 9.17) is 16.3 Å². The zero-order chi connectivity index (χ0) is 24.9. The van der Waals surface area contributed by atoms with Gasteiger partial charge in [0.1, 0.15) is 6.04 Å². The summed E-state index contributed by atoms with van der Waals surface area (Å²) >= 11 is 6.09. The van der Waals surface area contributed by atoms with E-state index in [1.54, 1.807) is 53.4 Å². The summed E-state index contributed by atoms with van der Waals surface area (Å²) in [6, 6.07) is 13.3. The van der Waals surface area contributed by atoms with Crippen LogP contribution in [0.3, 0.4) is 0 Å². The molecule has 182 valence electrons. The highest BCUT2D eigenvalue weighted by molar-refractivity contribution is 6.30. The highest BCUT2D eigenvalue weighted by atomic mass is 35.5. The summed E-state index contributed by atoms with van der Waals surface area (Å²) in [5, 5.41) is 15.7. The number of esters is 1. The number of nitriles is 1. The molecule has 10 heteroatoms. The smallest absolute Gasteiger partial charge is 0.323 e. The van der Waals surface area contributed by atoms with E-state index in [-0.39, 0.29) is 12.3 Å². The maximum atomic E-state index is 13.7. The fourth-order valence-corrected chi connectivity index (χ4v) is 4.92. The van der Waals surface area contributed by atoms with Gasteiger partial charge >= 0.3 is 12.0 Å². The lowest BCUT2D eigenvalue weighted by Crippen LogP contribution is -2.54. The Morgan fingerprint density at radius 1 is 1.14 bits per heavy atom. The van der Waals surface area contributed by atoms with E-state index in [9.17, 15) is 19.6 Å². The third-order valence-corrected chi connectivity index (χ3v) is 6.64. The lowest BCUT2D eigenvalue weighted by molar-refractivity contribution is -0.146. The summed E-state index contributed by atoms with van der Waals surface area (Å²) in [5.74, 6) is -1.47. The van der Waals surface area contributed by atoms with Crippen LogP contribution in [0.5, 0.6) is 0 Å².